The first-order valence-corrected chi connectivity index (χ1v) is 8.97. The summed E-state index contributed by atoms with van der Waals surface area (Å²) in [4.78, 5) is 8.59. The molecule has 1 aromatic heterocycles. The van der Waals surface area contributed by atoms with E-state index in [-0.39, 0.29) is 30.0 Å². The number of benzene rings is 1. The van der Waals surface area contributed by atoms with Crippen LogP contribution in [0.5, 0.6) is 17.2 Å². The van der Waals surface area contributed by atoms with Crippen molar-refractivity contribution < 1.29 is 14.2 Å². The Balaban J connectivity index is 0.00000392. The largest absolute Gasteiger partial charge is 0.497 e. The fourth-order valence-corrected chi connectivity index (χ4v) is 2.53. The zero-order valence-corrected chi connectivity index (χ0v) is 19.1. The summed E-state index contributed by atoms with van der Waals surface area (Å²) in [6.45, 7) is 5.83. The third-order valence-electron chi connectivity index (χ3n) is 3.87. The summed E-state index contributed by atoms with van der Waals surface area (Å²) < 4.78 is 16.4. The van der Waals surface area contributed by atoms with Gasteiger partial charge < -0.3 is 24.8 Å². The molecule has 0 fully saturated rings. The second kappa shape index (κ2) is 13.0. The quantitative estimate of drug-likeness (QED) is 0.238. The van der Waals surface area contributed by atoms with E-state index in [1.807, 2.05) is 37.3 Å². The van der Waals surface area contributed by atoms with E-state index in [2.05, 4.69) is 27.5 Å². The maximum absolute atomic E-state index is 5.63. The maximum Gasteiger partial charge on any atom is 0.191 e. The Kier molecular flexibility index (Phi) is 11.1. The van der Waals surface area contributed by atoms with Crippen molar-refractivity contribution in [3.8, 4) is 17.2 Å². The van der Waals surface area contributed by atoms with Gasteiger partial charge in [0.2, 0.25) is 0 Å². The number of pyridine rings is 1. The molecule has 0 aliphatic rings. The molecule has 28 heavy (non-hydrogen) atoms. The molecule has 0 radical (unpaired) electrons. The van der Waals surface area contributed by atoms with Crippen molar-refractivity contribution in [3.05, 3.63) is 48.3 Å². The van der Waals surface area contributed by atoms with Gasteiger partial charge in [0, 0.05) is 18.3 Å². The van der Waals surface area contributed by atoms with Gasteiger partial charge in [0.05, 0.1) is 33.0 Å². The summed E-state index contributed by atoms with van der Waals surface area (Å²) in [5, 5.41) is 6.64. The molecule has 2 aromatic rings. The highest BCUT2D eigenvalue weighted by Crippen LogP contribution is 2.29. The van der Waals surface area contributed by atoms with Gasteiger partial charge in [0.1, 0.15) is 23.9 Å². The normalized spacial score (nSPS) is 11.8. The molecule has 0 spiro atoms. The van der Waals surface area contributed by atoms with E-state index in [1.54, 1.807) is 26.6 Å². The van der Waals surface area contributed by atoms with Crippen molar-refractivity contribution in [1.29, 1.82) is 0 Å². The average Bonchev–Trinajstić information content (AvgIpc) is 2.71. The predicted molar refractivity (Wildman–Crippen MR) is 122 cm³/mol. The van der Waals surface area contributed by atoms with E-state index in [1.165, 1.54) is 0 Å². The van der Waals surface area contributed by atoms with Crippen LogP contribution in [0, 0.1) is 0 Å². The van der Waals surface area contributed by atoms with Gasteiger partial charge in [-0.1, -0.05) is 0 Å². The predicted octanol–water partition coefficient (Wildman–Crippen LogP) is 3.41. The standard InChI is InChI=1S/C20H28N4O3.HI/c1-5-22-20(23-11-12-27-17-7-6-10-21-14-17)24-15(2)18-13-16(25-3)8-9-19(18)26-4;/h6-10,13-15H,5,11-12H2,1-4H3,(H2,22,23,24);1H. The van der Waals surface area contributed by atoms with Gasteiger partial charge in [-0.15, -0.1) is 24.0 Å². The summed E-state index contributed by atoms with van der Waals surface area (Å²) in [5.41, 5.74) is 0.995. The number of methoxy groups -OCH3 is 2. The number of nitrogens with one attached hydrogen (secondary N) is 2. The SMILES string of the molecule is CCNC(=NCCOc1cccnc1)NC(C)c1cc(OC)ccc1OC.I. The van der Waals surface area contributed by atoms with Crippen LogP contribution in [0.1, 0.15) is 25.5 Å². The Morgan fingerprint density at radius 2 is 2.00 bits per heavy atom. The zero-order valence-electron chi connectivity index (χ0n) is 16.8. The molecule has 1 aromatic carbocycles. The molecule has 2 rings (SSSR count). The smallest absolute Gasteiger partial charge is 0.191 e. The Morgan fingerprint density at radius 1 is 1.18 bits per heavy atom. The highest BCUT2D eigenvalue weighted by molar-refractivity contribution is 14.0. The van der Waals surface area contributed by atoms with Crippen LogP contribution in [0.2, 0.25) is 0 Å². The number of hydrogen-bond acceptors (Lipinski definition) is 5. The van der Waals surface area contributed by atoms with Gasteiger partial charge in [-0.25, -0.2) is 4.99 Å². The average molecular weight is 500 g/mol. The second-order valence-corrected chi connectivity index (χ2v) is 5.77. The van der Waals surface area contributed by atoms with Crippen LogP contribution >= 0.6 is 24.0 Å². The lowest BCUT2D eigenvalue weighted by Crippen LogP contribution is -2.39. The summed E-state index contributed by atoms with van der Waals surface area (Å²) in [6.07, 6.45) is 3.40. The Labute approximate surface area is 183 Å². The van der Waals surface area contributed by atoms with E-state index < -0.39 is 0 Å². The molecule has 7 nitrogen and oxygen atoms in total. The minimum absolute atomic E-state index is 0. The molecule has 0 aliphatic heterocycles. The lowest BCUT2D eigenvalue weighted by molar-refractivity contribution is 0.327. The van der Waals surface area contributed by atoms with Crippen LogP contribution in [-0.4, -0.2) is 44.9 Å². The maximum atomic E-state index is 5.63. The summed E-state index contributed by atoms with van der Waals surface area (Å²) >= 11 is 0. The molecule has 1 unspecified atom stereocenters. The Hall–Kier alpha value is -2.23. The van der Waals surface area contributed by atoms with E-state index in [9.17, 15) is 0 Å². The monoisotopic (exact) mass is 500 g/mol. The first kappa shape index (κ1) is 23.8. The highest BCUT2D eigenvalue weighted by atomic mass is 127. The summed E-state index contributed by atoms with van der Waals surface area (Å²) in [5.74, 6) is 3.03. The molecule has 154 valence electrons. The van der Waals surface area contributed by atoms with Gasteiger partial charge in [0.15, 0.2) is 5.96 Å². The summed E-state index contributed by atoms with van der Waals surface area (Å²) in [6, 6.07) is 9.44. The fraction of sp³-hybridized carbons (Fsp3) is 0.400. The van der Waals surface area contributed by atoms with E-state index in [0.29, 0.717) is 19.1 Å². The second-order valence-electron chi connectivity index (χ2n) is 5.77. The van der Waals surface area contributed by atoms with E-state index >= 15 is 0 Å². The van der Waals surface area contributed by atoms with Crippen molar-refractivity contribution in [3.63, 3.8) is 0 Å². The van der Waals surface area contributed by atoms with Gasteiger partial charge >= 0.3 is 0 Å². The summed E-state index contributed by atoms with van der Waals surface area (Å²) in [7, 11) is 3.31. The first-order chi connectivity index (χ1) is 13.2. The number of aliphatic imine (C=N–C) groups is 1. The number of nitrogens with zero attached hydrogens (tertiary/aromatic N) is 2. The molecule has 0 saturated carbocycles. The fourth-order valence-electron chi connectivity index (χ4n) is 2.53. The molecule has 0 bridgehead atoms. The van der Waals surface area contributed by atoms with Crippen molar-refractivity contribution in [2.24, 2.45) is 4.99 Å². The van der Waals surface area contributed by atoms with Crippen LogP contribution in [0.4, 0.5) is 0 Å². The Morgan fingerprint density at radius 3 is 2.64 bits per heavy atom. The van der Waals surface area contributed by atoms with Crippen LogP contribution < -0.4 is 24.8 Å². The van der Waals surface area contributed by atoms with Gasteiger partial charge in [-0.05, 0) is 44.2 Å². The topological polar surface area (TPSA) is 77.0 Å². The highest BCUT2D eigenvalue weighted by Gasteiger charge is 2.14. The molecule has 8 heteroatoms. The van der Waals surface area contributed by atoms with Crippen LogP contribution in [0.25, 0.3) is 0 Å². The van der Waals surface area contributed by atoms with Crippen molar-refractivity contribution in [2.75, 3.05) is 33.9 Å². The molecule has 1 heterocycles. The number of hydrogen-bond donors (Lipinski definition) is 2. The number of ether oxygens (including phenoxy) is 3. The van der Waals surface area contributed by atoms with Gasteiger partial charge in [0.25, 0.3) is 0 Å². The van der Waals surface area contributed by atoms with Gasteiger partial charge in [-0.3, -0.25) is 4.98 Å². The third kappa shape index (κ3) is 7.41. The van der Waals surface area contributed by atoms with Crippen LogP contribution in [0.15, 0.2) is 47.7 Å². The molecule has 0 amide bonds. The molecule has 1 atom stereocenters. The minimum Gasteiger partial charge on any atom is -0.497 e. The minimum atomic E-state index is -0.0212. The number of halogens is 1. The first-order valence-electron chi connectivity index (χ1n) is 8.97. The third-order valence-corrected chi connectivity index (χ3v) is 3.87. The van der Waals surface area contributed by atoms with E-state index in [4.69, 9.17) is 14.2 Å². The molecular formula is C20H29IN4O3. The Bertz CT molecular complexity index is 729. The van der Waals surface area contributed by atoms with Gasteiger partial charge in [-0.2, -0.15) is 0 Å². The van der Waals surface area contributed by atoms with Crippen molar-refractivity contribution in [2.45, 2.75) is 19.9 Å². The molecule has 0 aliphatic carbocycles. The lowest BCUT2D eigenvalue weighted by atomic mass is 10.1. The molecular weight excluding hydrogens is 471 g/mol. The van der Waals surface area contributed by atoms with Crippen LogP contribution in [0.3, 0.4) is 0 Å². The van der Waals surface area contributed by atoms with Crippen molar-refractivity contribution in [1.82, 2.24) is 15.6 Å². The lowest BCUT2D eigenvalue weighted by Gasteiger charge is -2.20. The number of aromatic nitrogens is 1. The molecule has 0 saturated heterocycles. The number of rotatable bonds is 9. The molecule has 2 N–H and O–H groups in total. The van der Waals surface area contributed by atoms with E-state index in [0.717, 1.165) is 29.4 Å². The van der Waals surface area contributed by atoms with Crippen molar-refractivity contribution >= 4 is 29.9 Å². The number of guanidine groups is 1. The zero-order chi connectivity index (χ0) is 19.5. The van der Waals surface area contributed by atoms with Crippen LogP contribution in [-0.2, 0) is 0 Å².